The molecule has 6 nitrogen and oxygen atoms in total. The molecule has 0 bridgehead atoms. The second-order valence-corrected chi connectivity index (χ2v) is 26.1. The standard InChI is InChI=1S/C72H140O6/c1-7-68(6)60-54-48-42-36-30-24-20-21-26-32-38-44-50-56-62-71(74)77-65-69(78-72(75)63-57-51-45-39-33-27-19-15-11-9-13-17-23-29-35-41-47-53-59-67(4)5)64-76-70(73)61-55-49-43-37-31-25-18-14-10-8-12-16-22-28-34-40-46-52-58-66(2)3/h66-69H,7-65H2,1-6H3/t68?,69-/m1/s1. The number of rotatable bonds is 65. The molecule has 78 heavy (non-hydrogen) atoms. The average molecular weight is 1100 g/mol. The molecule has 0 radical (unpaired) electrons. The van der Waals surface area contributed by atoms with Crippen LogP contribution in [-0.4, -0.2) is 37.2 Å². The fourth-order valence-corrected chi connectivity index (χ4v) is 11.3. The van der Waals surface area contributed by atoms with Crippen LogP contribution in [0.2, 0.25) is 0 Å². The first kappa shape index (κ1) is 76.4. The summed E-state index contributed by atoms with van der Waals surface area (Å²) in [7, 11) is 0. The van der Waals surface area contributed by atoms with E-state index in [9.17, 15) is 14.4 Å². The molecule has 2 atom stereocenters. The summed E-state index contributed by atoms with van der Waals surface area (Å²) in [6, 6.07) is 0. The Kier molecular flexibility index (Phi) is 61.7. The van der Waals surface area contributed by atoms with Gasteiger partial charge in [0.25, 0.3) is 0 Å². The Balaban J connectivity index is 4.28. The molecule has 0 heterocycles. The fourth-order valence-electron chi connectivity index (χ4n) is 11.3. The molecule has 0 aliphatic carbocycles. The van der Waals surface area contributed by atoms with Crippen LogP contribution in [0.4, 0.5) is 0 Å². The highest BCUT2D eigenvalue weighted by Crippen LogP contribution is 2.20. The maximum atomic E-state index is 13.0. The van der Waals surface area contributed by atoms with Crippen molar-refractivity contribution in [3.05, 3.63) is 0 Å². The van der Waals surface area contributed by atoms with Gasteiger partial charge in [-0.2, -0.15) is 0 Å². The number of esters is 3. The molecule has 0 rings (SSSR count). The van der Waals surface area contributed by atoms with E-state index >= 15 is 0 Å². The zero-order valence-electron chi connectivity index (χ0n) is 54.0. The van der Waals surface area contributed by atoms with Gasteiger partial charge >= 0.3 is 17.9 Å². The maximum Gasteiger partial charge on any atom is 0.306 e. The summed E-state index contributed by atoms with van der Waals surface area (Å²) in [6.45, 7) is 13.9. The van der Waals surface area contributed by atoms with E-state index in [1.807, 2.05) is 0 Å². The van der Waals surface area contributed by atoms with Crippen LogP contribution in [0.5, 0.6) is 0 Å². The minimum Gasteiger partial charge on any atom is -0.462 e. The van der Waals surface area contributed by atoms with E-state index in [1.54, 1.807) is 0 Å². The van der Waals surface area contributed by atoms with Crippen molar-refractivity contribution in [2.24, 2.45) is 17.8 Å². The summed E-state index contributed by atoms with van der Waals surface area (Å²) in [5, 5.41) is 0. The van der Waals surface area contributed by atoms with Gasteiger partial charge in [0.05, 0.1) is 0 Å². The molecule has 0 saturated heterocycles. The van der Waals surface area contributed by atoms with E-state index in [4.69, 9.17) is 14.2 Å². The molecule has 0 aromatic heterocycles. The second-order valence-electron chi connectivity index (χ2n) is 26.1. The van der Waals surface area contributed by atoms with E-state index in [-0.39, 0.29) is 31.1 Å². The SMILES string of the molecule is CCC(C)CCCCCCCCCCCCCCCCC(=O)OC[C@@H](COC(=O)CCCCCCCCCCCCCCCCCCCCC(C)C)OC(=O)CCCCCCCCCCCCCCCCCCCCC(C)C. The predicted molar refractivity (Wildman–Crippen MR) is 339 cm³/mol. The number of unbranched alkanes of at least 4 members (excludes halogenated alkanes) is 47. The van der Waals surface area contributed by atoms with Crippen molar-refractivity contribution in [2.45, 2.75) is 414 Å². The third-order valence-electron chi connectivity index (χ3n) is 17.0. The highest BCUT2D eigenvalue weighted by atomic mass is 16.6. The summed E-state index contributed by atoms with van der Waals surface area (Å²) >= 11 is 0. The zero-order chi connectivity index (χ0) is 56.9. The minimum atomic E-state index is -0.765. The monoisotopic (exact) mass is 1100 g/mol. The number of carbonyl (C=O) groups is 3. The van der Waals surface area contributed by atoms with Gasteiger partial charge in [0.15, 0.2) is 6.10 Å². The molecule has 0 aliphatic heterocycles. The number of ether oxygens (including phenoxy) is 3. The van der Waals surface area contributed by atoms with E-state index in [2.05, 4.69) is 41.5 Å². The Morgan fingerprint density at radius 3 is 0.667 bits per heavy atom. The minimum absolute atomic E-state index is 0.0617. The van der Waals surface area contributed by atoms with Crippen LogP contribution >= 0.6 is 0 Å². The number of carbonyl (C=O) groups excluding carboxylic acids is 3. The van der Waals surface area contributed by atoms with Crippen molar-refractivity contribution in [3.63, 3.8) is 0 Å². The highest BCUT2D eigenvalue weighted by Gasteiger charge is 2.20. The van der Waals surface area contributed by atoms with Gasteiger partial charge in [-0.1, -0.05) is 369 Å². The second kappa shape index (κ2) is 63.0. The van der Waals surface area contributed by atoms with Crippen molar-refractivity contribution in [1.29, 1.82) is 0 Å². The lowest BCUT2D eigenvalue weighted by Gasteiger charge is -2.18. The summed E-state index contributed by atoms with van der Waals surface area (Å²) in [5.74, 6) is 1.79. The topological polar surface area (TPSA) is 78.9 Å². The van der Waals surface area contributed by atoms with Gasteiger partial charge in [-0.3, -0.25) is 14.4 Å². The summed E-state index contributed by atoms with van der Waals surface area (Å²) < 4.78 is 17.0. The molecule has 0 aliphatic rings. The van der Waals surface area contributed by atoms with Gasteiger partial charge in [-0.15, -0.1) is 0 Å². The number of hydrogen-bond acceptors (Lipinski definition) is 6. The molecular weight excluding hydrogens is 961 g/mol. The van der Waals surface area contributed by atoms with Gasteiger partial charge in [-0.05, 0) is 37.0 Å². The van der Waals surface area contributed by atoms with Crippen molar-refractivity contribution in [3.8, 4) is 0 Å². The fraction of sp³-hybridized carbons (Fsp3) is 0.958. The Morgan fingerprint density at radius 1 is 0.256 bits per heavy atom. The Labute approximate surface area is 488 Å². The molecule has 0 N–H and O–H groups in total. The van der Waals surface area contributed by atoms with E-state index in [0.717, 1.165) is 75.5 Å². The van der Waals surface area contributed by atoms with Crippen molar-refractivity contribution >= 4 is 17.9 Å². The summed E-state index contributed by atoms with van der Waals surface area (Å²) in [4.78, 5) is 38.5. The molecule has 1 unspecified atom stereocenters. The first-order valence-electron chi connectivity index (χ1n) is 35.6. The molecule has 0 aromatic carbocycles. The van der Waals surface area contributed by atoms with E-state index in [1.165, 1.54) is 289 Å². The Hall–Kier alpha value is -1.59. The molecule has 0 spiro atoms. The van der Waals surface area contributed by atoms with Crippen LogP contribution in [-0.2, 0) is 28.6 Å². The zero-order valence-corrected chi connectivity index (χ0v) is 54.0. The van der Waals surface area contributed by atoms with Gasteiger partial charge in [0.2, 0.25) is 0 Å². The third kappa shape index (κ3) is 63.6. The quantitative estimate of drug-likeness (QED) is 0.0343. The van der Waals surface area contributed by atoms with Crippen LogP contribution in [0.3, 0.4) is 0 Å². The molecule has 0 amide bonds. The lowest BCUT2D eigenvalue weighted by molar-refractivity contribution is -0.167. The van der Waals surface area contributed by atoms with E-state index < -0.39 is 6.10 Å². The van der Waals surface area contributed by atoms with Crippen molar-refractivity contribution in [1.82, 2.24) is 0 Å². The third-order valence-corrected chi connectivity index (χ3v) is 17.0. The van der Waals surface area contributed by atoms with Crippen LogP contribution < -0.4 is 0 Å². The Morgan fingerprint density at radius 2 is 0.449 bits per heavy atom. The summed E-state index contributed by atoms with van der Waals surface area (Å²) in [6.07, 6.45) is 71.1. The lowest BCUT2D eigenvalue weighted by Crippen LogP contribution is -2.30. The van der Waals surface area contributed by atoms with Gasteiger partial charge in [0.1, 0.15) is 13.2 Å². The molecule has 0 aromatic rings. The average Bonchev–Trinajstić information content (AvgIpc) is 3.42. The highest BCUT2D eigenvalue weighted by molar-refractivity contribution is 5.71. The predicted octanol–water partition coefficient (Wildman–Crippen LogP) is 24.2. The largest absolute Gasteiger partial charge is 0.462 e. The normalized spacial score (nSPS) is 12.5. The summed E-state index contributed by atoms with van der Waals surface area (Å²) in [5.41, 5.74) is 0. The van der Waals surface area contributed by atoms with Crippen LogP contribution in [0.1, 0.15) is 408 Å². The number of hydrogen-bond donors (Lipinski definition) is 0. The van der Waals surface area contributed by atoms with Gasteiger partial charge < -0.3 is 14.2 Å². The van der Waals surface area contributed by atoms with Crippen LogP contribution in [0, 0.1) is 17.8 Å². The Bertz CT molecular complexity index is 1210. The first-order chi connectivity index (χ1) is 38.1. The smallest absolute Gasteiger partial charge is 0.306 e. The maximum absolute atomic E-state index is 13.0. The molecular formula is C72H140O6. The van der Waals surface area contributed by atoms with Crippen molar-refractivity contribution < 1.29 is 28.6 Å². The molecule has 6 heteroatoms. The lowest BCUT2D eigenvalue weighted by atomic mass is 9.99. The molecule has 0 saturated carbocycles. The van der Waals surface area contributed by atoms with Gasteiger partial charge in [-0.25, -0.2) is 0 Å². The van der Waals surface area contributed by atoms with E-state index in [0.29, 0.717) is 19.3 Å². The van der Waals surface area contributed by atoms with Gasteiger partial charge in [0, 0.05) is 19.3 Å². The first-order valence-corrected chi connectivity index (χ1v) is 35.6. The molecule has 0 fully saturated rings. The van der Waals surface area contributed by atoms with Crippen molar-refractivity contribution in [2.75, 3.05) is 13.2 Å². The van der Waals surface area contributed by atoms with Crippen LogP contribution in [0.25, 0.3) is 0 Å². The molecule has 464 valence electrons. The van der Waals surface area contributed by atoms with Crippen LogP contribution in [0.15, 0.2) is 0 Å².